The lowest BCUT2D eigenvalue weighted by Gasteiger charge is -2.09. The molecule has 0 aliphatic rings. The molecule has 2 aromatic heterocycles. The van der Waals surface area contributed by atoms with E-state index in [0.717, 1.165) is 16.5 Å². The van der Waals surface area contributed by atoms with Gasteiger partial charge in [0.05, 0.1) is 10.9 Å². The summed E-state index contributed by atoms with van der Waals surface area (Å²) in [4.78, 5) is 13.3. The molecule has 0 amide bonds. The SMILES string of the molecule is S=c1nc(COc2nc(-c3ccccc3)nc3ccccc23)[nH][nH]1. The lowest BCUT2D eigenvalue weighted by Crippen LogP contribution is -2.02. The van der Waals surface area contributed by atoms with E-state index in [1.165, 1.54) is 0 Å². The van der Waals surface area contributed by atoms with Gasteiger partial charge >= 0.3 is 0 Å². The third-order valence-corrected chi connectivity index (χ3v) is 3.69. The Labute approximate surface area is 142 Å². The fraction of sp³-hybridized carbons (Fsp3) is 0.0588. The van der Waals surface area contributed by atoms with Gasteiger partial charge in [0.1, 0.15) is 6.61 Å². The number of nitrogens with one attached hydrogen (secondary N) is 2. The van der Waals surface area contributed by atoms with E-state index in [1.54, 1.807) is 0 Å². The molecule has 0 spiro atoms. The van der Waals surface area contributed by atoms with Gasteiger partial charge in [-0.2, -0.15) is 4.98 Å². The molecule has 0 bridgehead atoms. The number of ether oxygens (including phenoxy) is 1. The standard InChI is InChI=1S/C17H13N5OS/c24-17-19-14(21-22-17)10-23-16-12-8-4-5-9-13(12)18-15(20-16)11-6-2-1-3-7-11/h1-9H,10H2,(H2,19,21,22,24). The zero-order chi connectivity index (χ0) is 16.4. The highest BCUT2D eigenvalue weighted by molar-refractivity contribution is 7.71. The first-order chi connectivity index (χ1) is 11.8. The highest BCUT2D eigenvalue weighted by Gasteiger charge is 2.11. The van der Waals surface area contributed by atoms with Crippen molar-refractivity contribution < 1.29 is 4.74 Å². The molecule has 24 heavy (non-hydrogen) atoms. The number of rotatable bonds is 4. The smallest absolute Gasteiger partial charge is 0.225 e. The van der Waals surface area contributed by atoms with E-state index in [1.807, 2.05) is 54.6 Å². The van der Waals surface area contributed by atoms with E-state index in [0.29, 0.717) is 22.3 Å². The second kappa shape index (κ2) is 6.21. The number of hydrogen-bond acceptors (Lipinski definition) is 5. The first-order valence-corrected chi connectivity index (χ1v) is 7.79. The van der Waals surface area contributed by atoms with E-state index < -0.39 is 0 Å². The molecule has 7 heteroatoms. The van der Waals surface area contributed by atoms with E-state index in [-0.39, 0.29) is 6.61 Å². The molecule has 4 rings (SSSR count). The molecule has 0 radical (unpaired) electrons. The molecule has 2 heterocycles. The van der Waals surface area contributed by atoms with Crippen molar-refractivity contribution in [3.63, 3.8) is 0 Å². The topological polar surface area (TPSA) is 79.5 Å². The number of fused-ring (bicyclic) bond motifs is 1. The van der Waals surface area contributed by atoms with Crippen LogP contribution in [0.5, 0.6) is 5.88 Å². The van der Waals surface area contributed by atoms with Crippen LogP contribution in [0.3, 0.4) is 0 Å². The van der Waals surface area contributed by atoms with Gasteiger partial charge in [0.15, 0.2) is 11.6 Å². The van der Waals surface area contributed by atoms with Gasteiger partial charge in [-0.1, -0.05) is 42.5 Å². The zero-order valence-electron chi connectivity index (χ0n) is 12.6. The number of aromatic amines is 2. The summed E-state index contributed by atoms with van der Waals surface area (Å²) in [5.74, 6) is 1.75. The molecular formula is C17H13N5OS. The Bertz CT molecular complexity index is 1040. The van der Waals surface area contributed by atoms with Crippen LogP contribution in [-0.2, 0) is 6.61 Å². The summed E-state index contributed by atoms with van der Waals surface area (Å²) in [5.41, 5.74) is 1.77. The minimum Gasteiger partial charge on any atom is -0.469 e. The average molecular weight is 335 g/mol. The van der Waals surface area contributed by atoms with Crippen molar-refractivity contribution in [2.75, 3.05) is 0 Å². The fourth-order valence-corrected chi connectivity index (χ4v) is 2.54. The quantitative estimate of drug-likeness (QED) is 0.556. The van der Waals surface area contributed by atoms with Crippen LogP contribution in [0.4, 0.5) is 0 Å². The predicted octanol–water partition coefficient (Wildman–Crippen LogP) is 3.66. The summed E-state index contributed by atoms with van der Waals surface area (Å²) in [6, 6.07) is 17.6. The Balaban J connectivity index is 1.76. The average Bonchev–Trinajstić information content (AvgIpc) is 3.05. The molecular weight excluding hydrogens is 322 g/mol. The van der Waals surface area contributed by atoms with Gasteiger partial charge < -0.3 is 4.74 Å². The van der Waals surface area contributed by atoms with E-state index in [9.17, 15) is 0 Å². The van der Waals surface area contributed by atoms with Gasteiger partial charge in [-0.3, -0.25) is 10.2 Å². The van der Waals surface area contributed by atoms with Crippen molar-refractivity contribution >= 4 is 23.1 Å². The van der Waals surface area contributed by atoms with Crippen LogP contribution in [0.1, 0.15) is 5.82 Å². The number of H-pyrrole nitrogens is 2. The Morgan fingerprint density at radius 2 is 1.67 bits per heavy atom. The van der Waals surface area contributed by atoms with Crippen molar-refractivity contribution in [2.24, 2.45) is 0 Å². The second-order valence-corrected chi connectivity index (χ2v) is 5.52. The van der Waals surface area contributed by atoms with E-state index in [2.05, 4.69) is 25.1 Å². The summed E-state index contributed by atoms with van der Waals surface area (Å²) in [7, 11) is 0. The zero-order valence-corrected chi connectivity index (χ0v) is 13.4. The normalized spacial score (nSPS) is 10.8. The fourth-order valence-electron chi connectivity index (χ4n) is 2.38. The van der Waals surface area contributed by atoms with Crippen molar-refractivity contribution in [1.82, 2.24) is 25.1 Å². The molecule has 4 aromatic rings. The molecule has 0 saturated heterocycles. The van der Waals surface area contributed by atoms with Crippen LogP contribution < -0.4 is 4.74 Å². The predicted molar refractivity (Wildman–Crippen MR) is 93.1 cm³/mol. The van der Waals surface area contributed by atoms with Crippen LogP contribution in [0.2, 0.25) is 0 Å². The monoisotopic (exact) mass is 335 g/mol. The van der Waals surface area contributed by atoms with Gasteiger partial charge in [-0.15, -0.1) is 0 Å². The van der Waals surface area contributed by atoms with Gasteiger partial charge in [0, 0.05) is 5.56 Å². The van der Waals surface area contributed by atoms with Gasteiger partial charge in [-0.05, 0) is 24.4 Å². The number of hydrogen-bond donors (Lipinski definition) is 2. The van der Waals surface area contributed by atoms with E-state index in [4.69, 9.17) is 17.0 Å². The Morgan fingerprint density at radius 3 is 2.46 bits per heavy atom. The van der Waals surface area contributed by atoms with Gasteiger partial charge in [0.2, 0.25) is 10.7 Å². The Hall–Kier alpha value is -3.06. The van der Waals surface area contributed by atoms with Crippen molar-refractivity contribution in [3.8, 4) is 17.3 Å². The maximum atomic E-state index is 5.87. The third kappa shape index (κ3) is 2.89. The van der Waals surface area contributed by atoms with Crippen LogP contribution in [-0.4, -0.2) is 25.1 Å². The number of para-hydroxylation sites is 1. The van der Waals surface area contributed by atoms with Crippen molar-refractivity contribution in [1.29, 1.82) is 0 Å². The van der Waals surface area contributed by atoms with Crippen LogP contribution in [0.25, 0.3) is 22.3 Å². The van der Waals surface area contributed by atoms with Crippen LogP contribution in [0.15, 0.2) is 54.6 Å². The molecule has 0 fully saturated rings. The molecule has 0 atom stereocenters. The molecule has 2 aromatic carbocycles. The van der Waals surface area contributed by atoms with Crippen LogP contribution >= 0.6 is 12.2 Å². The number of aromatic nitrogens is 5. The lowest BCUT2D eigenvalue weighted by atomic mass is 10.2. The van der Waals surface area contributed by atoms with Gasteiger partial charge in [0.25, 0.3) is 0 Å². The first kappa shape index (κ1) is 14.5. The molecule has 0 aliphatic heterocycles. The Morgan fingerprint density at radius 1 is 0.875 bits per heavy atom. The van der Waals surface area contributed by atoms with Gasteiger partial charge in [-0.25, -0.2) is 9.97 Å². The summed E-state index contributed by atoms with van der Waals surface area (Å²) in [5, 5.41) is 6.46. The van der Waals surface area contributed by atoms with Crippen molar-refractivity contribution in [2.45, 2.75) is 6.61 Å². The largest absolute Gasteiger partial charge is 0.469 e. The highest BCUT2D eigenvalue weighted by Crippen LogP contribution is 2.26. The summed E-state index contributed by atoms with van der Waals surface area (Å²) in [6.45, 7) is 0.238. The summed E-state index contributed by atoms with van der Waals surface area (Å²) >= 11 is 4.95. The molecule has 6 nitrogen and oxygen atoms in total. The minimum absolute atomic E-state index is 0.238. The highest BCUT2D eigenvalue weighted by atomic mass is 32.1. The van der Waals surface area contributed by atoms with Crippen molar-refractivity contribution in [3.05, 3.63) is 65.2 Å². The second-order valence-electron chi connectivity index (χ2n) is 5.14. The minimum atomic E-state index is 0.238. The maximum Gasteiger partial charge on any atom is 0.225 e. The third-order valence-electron chi connectivity index (χ3n) is 3.50. The van der Waals surface area contributed by atoms with Crippen LogP contribution in [0, 0.1) is 4.77 Å². The molecule has 0 aliphatic carbocycles. The first-order valence-electron chi connectivity index (χ1n) is 7.38. The lowest BCUT2D eigenvalue weighted by molar-refractivity contribution is 0.288. The molecule has 2 N–H and O–H groups in total. The maximum absolute atomic E-state index is 5.87. The molecule has 0 unspecified atom stereocenters. The Kier molecular flexibility index (Phi) is 3.76. The summed E-state index contributed by atoms with van der Waals surface area (Å²) < 4.78 is 6.26. The molecule has 0 saturated carbocycles. The molecule has 118 valence electrons. The summed E-state index contributed by atoms with van der Waals surface area (Å²) in [6.07, 6.45) is 0. The number of benzene rings is 2. The number of nitrogens with zero attached hydrogens (tertiary/aromatic N) is 3. The van der Waals surface area contributed by atoms with E-state index >= 15 is 0 Å².